The van der Waals surface area contributed by atoms with E-state index >= 15 is 0 Å². The molecule has 2 aromatic carbocycles. The second-order valence-corrected chi connectivity index (χ2v) is 9.44. The number of nitriles is 1. The van der Waals surface area contributed by atoms with E-state index in [1.165, 1.54) is 24.5 Å². The lowest BCUT2D eigenvalue weighted by Crippen LogP contribution is -2.62. The Morgan fingerprint density at radius 1 is 1.21 bits per heavy atom. The summed E-state index contributed by atoms with van der Waals surface area (Å²) >= 11 is 1.35. The third-order valence-corrected chi connectivity index (χ3v) is 7.27. The number of nitrogens with one attached hydrogen (secondary N) is 2. The van der Waals surface area contributed by atoms with Crippen LogP contribution in [-0.2, 0) is 16.3 Å². The lowest BCUT2D eigenvalue weighted by atomic mass is 9.76. The van der Waals surface area contributed by atoms with Gasteiger partial charge in [0.15, 0.2) is 5.96 Å². The lowest BCUT2D eigenvalue weighted by Gasteiger charge is -2.45. The monoisotopic (exact) mass is 482 g/mol. The molecule has 1 saturated heterocycles. The number of likely N-dealkylation sites (N-methyl/N-ethyl adjacent to an activating group) is 1. The summed E-state index contributed by atoms with van der Waals surface area (Å²) in [5.74, 6) is -6.01. The van der Waals surface area contributed by atoms with Gasteiger partial charge in [0.05, 0.1) is 28.7 Å². The third-order valence-electron chi connectivity index (χ3n) is 6.10. The molecule has 174 valence electrons. The van der Waals surface area contributed by atoms with Gasteiger partial charge < -0.3 is 5.32 Å². The molecule has 1 aliphatic rings. The molecular formula is C25H21F3N4OS. The summed E-state index contributed by atoms with van der Waals surface area (Å²) < 4.78 is 42.1. The van der Waals surface area contributed by atoms with Crippen molar-refractivity contribution in [1.29, 1.82) is 10.7 Å². The zero-order valence-corrected chi connectivity index (χ0v) is 19.4. The Hall–Kier alpha value is -3.64. The normalized spacial score (nSPS) is 20.7. The number of carbonyl (C=O) groups excluding carboxylic acids is 1. The first-order chi connectivity index (χ1) is 16.0. The fraction of sp³-hybridized carbons (Fsp3) is 0.240. The Balaban J connectivity index is 1.82. The van der Waals surface area contributed by atoms with E-state index in [1.807, 2.05) is 17.5 Å². The zero-order chi connectivity index (χ0) is 24.8. The van der Waals surface area contributed by atoms with E-state index in [0.29, 0.717) is 17.4 Å². The number of amides is 1. The SMILES string of the molecule is CN1C(=N)N[C@](C)(c2cc(-c3cccc(C#N)c3)cs2)[C@H](c2ccc(C(C)(F)F)c(F)c2)C1=O. The van der Waals surface area contributed by atoms with Gasteiger partial charge in [0.2, 0.25) is 5.91 Å². The summed E-state index contributed by atoms with van der Waals surface area (Å²) in [5, 5.41) is 22.4. The van der Waals surface area contributed by atoms with E-state index in [1.54, 1.807) is 25.1 Å². The van der Waals surface area contributed by atoms with E-state index in [4.69, 9.17) is 5.41 Å². The van der Waals surface area contributed by atoms with Crippen LogP contribution in [0.2, 0.25) is 0 Å². The molecule has 1 amide bonds. The van der Waals surface area contributed by atoms with Crippen LogP contribution in [0.15, 0.2) is 53.9 Å². The highest BCUT2D eigenvalue weighted by molar-refractivity contribution is 7.10. The molecule has 0 unspecified atom stereocenters. The Morgan fingerprint density at radius 2 is 1.94 bits per heavy atom. The molecule has 1 fully saturated rings. The summed E-state index contributed by atoms with van der Waals surface area (Å²) in [5.41, 5.74) is 0.490. The molecule has 9 heteroatoms. The fourth-order valence-corrected chi connectivity index (χ4v) is 5.29. The van der Waals surface area contributed by atoms with Gasteiger partial charge in [-0.15, -0.1) is 11.3 Å². The van der Waals surface area contributed by atoms with Gasteiger partial charge in [0, 0.05) is 18.8 Å². The van der Waals surface area contributed by atoms with Crippen LogP contribution in [0, 0.1) is 22.6 Å². The standard InChI is InChI=1S/C25H21F3N4OS/c1-24(20-11-17(13-34-20)15-6-4-5-14(9-15)12-29)21(22(33)32(3)23(30)31-24)16-7-8-18(19(26)10-16)25(2,27)28/h4-11,13,21H,1-3H3,(H2,30,31)/t21-,24-/m1/s1. The molecule has 3 aromatic rings. The van der Waals surface area contributed by atoms with Crippen molar-refractivity contribution in [3.05, 3.63) is 81.3 Å². The number of benzene rings is 2. The number of halogens is 3. The van der Waals surface area contributed by atoms with Crippen LogP contribution in [0.3, 0.4) is 0 Å². The highest BCUT2D eigenvalue weighted by Gasteiger charge is 2.49. The van der Waals surface area contributed by atoms with E-state index in [2.05, 4.69) is 11.4 Å². The predicted octanol–water partition coefficient (Wildman–Crippen LogP) is 5.53. The second kappa shape index (κ2) is 8.29. The number of hydrogen-bond donors (Lipinski definition) is 2. The molecule has 2 heterocycles. The summed E-state index contributed by atoms with van der Waals surface area (Å²) in [6.07, 6.45) is 0. The van der Waals surface area contributed by atoms with Crippen molar-refractivity contribution in [2.75, 3.05) is 7.05 Å². The Bertz CT molecular complexity index is 1340. The number of nitrogens with zero attached hydrogens (tertiary/aromatic N) is 2. The van der Waals surface area contributed by atoms with E-state index in [-0.39, 0.29) is 11.5 Å². The van der Waals surface area contributed by atoms with Gasteiger partial charge in [-0.3, -0.25) is 15.1 Å². The van der Waals surface area contributed by atoms with Crippen LogP contribution < -0.4 is 5.32 Å². The molecule has 4 rings (SSSR count). The number of alkyl halides is 2. The summed E-state index contributed by atoms with van der Waals surface area (Å²) in [7, 11) is 1.43. The molecule has 2 atom stereocenters. The minimum Gasteiger partial charge on any atom is -0.345 e. The number of rotatable bonds is 4. The lowest BCUT2D eigenvalue weighted by molar-refractivity contribution is -0.131. The first-order valence-electron chi connectivity index (χ1n) is 10.4. The second-order valence-electron chi connectivity index (χ2n) is 8.53. The Kier molecular flexibility index (Phi) is 5.74. The minimum atomic E-state index is -3.36. The first kappa shape index (κ1) is 23.5. The molecule has 0 bridgehead atoms. The first-order valence-corrected chi connectivity index (χ1v) is 11.3. The van der Waals surface area contributed by atoms with Crippen LogP contribution >= 0.6 is 11.3 Å². The number of carbonyl (C=O) groups is 1. The van der Waals surface area contributed by atoms with Crippen molar-refractivity contribution in [2.24, 2.45) is 0 Å². The highest BCUT2D eigenvalue weighted by atomic mass is 32.1. The number of thiophene rings is 1. The smallest absolute Gasteiger partial charge is 0.273 e. The van der Waals surface area contributed by atoms with Gasteiger partial charge in [0.1, 0.15) is 5.82 Å². The zero-order valence-electron chi connectivity index (χ0n) is 18.6. The Labute approximate surface area is 199 Å². The van der Waals surface area contributed by atoms with Gasteiger partial charge >= 0.3 is 0 Å². The van der Waals surface area contributed by atoms with Gasteiger partial charge in [-0.25, -0.2) is 13.2 Å². The van der Waals surface area contributed by atoms with E-state index in [0.717, 1.165) is 28.2 Å². The molecule has 1 aromatic heterocycles. The average Bonchev–Trinajstić information content (AvgIpc) is 3.28. The van der Waals surface area contributed by atoms with Crippen molar-refractivity contribution in [2.45, 2.75) is 31.2 Å². The van der Waals surface area contributed by atoms with Crippen LogP contribution in [0.25, 0.3) is 11.1 Å². The van der Waals surface area contributed by atoms with Gasteiger partial charge in [-0.2, -0.15) is 5.26 Å². The van der Waals surface area contributed by atoms with Crippen molar-refractivity contribution in [3.8, 4) is 17.2 Å². The maximum Gasteiger partial charge on any atom is 0.273 e. The quantitative estimate of drug-likeness (QED) is 0.513. The maximum atomic E-state index is 14.7. The number of hydrogen-bond acceptors (Lipinski definition) is 4. The topological polar surface area (TPSA) is 80.0 Å². The fourth-order valence-electron chi connectivity index (χ4n) is 4.23. The van der Waals surface area contributed by atoms with Gasteiger partial charge in [0.25, 0.3) is 5.92 Å². The minimum absolute atomic E-state index is 0.123. The van der Waals surface area contributed by atoms with Crippen molar-refractivity contribution >= 4 is 23.2 Å². The summed E-state index contributed by atoms with van der Waals surface area (Å²) in [6, 6.07) is 14.4. The summed E-state index contributed by atoms with van der Waals surface area (Å²) in [6.45, 7) is 2.35. The van der Waals surface area contributed by atoms with E-state index in [9.17, 15) is 23.2 Å². The predicted molar refractivity (Wildman–Crippen MR) is 124 cm³/mol. The molecule has 1 aliphatic heterocycles. The molecule has 2 N–H and O–H groups in total. The molecule has 0 radical (unpaired) electrons. The molecule has 5 nitrogen and oxygen atoms in total. The van der Waals surface area contributed by atoms with Crippen molar-refractivity contribution < 1.29 is 18.0 Å². The molecule has 34 heavy (non-hydrogen) atoms. The summed E-state index contributed by atoms with van der Waals surface area (Å²) in [4.78, 5) is 15.1. The molecular weight excluding hydrogens is 461 g/mol. The van der Waals surface area contributed by atoms with Crippen molar-refractivity contribution in [3.63, 3.8) is 0 Å². The van der Waals surface area contributed by atoms with Crippen LogP contribution in [0.1, 0.15) is 41.3 Å². The molecule has 0 spiro atoms. The van der Waals surface area contributed by atoms with Gasteiger partial charge in [-0.1, -0.05) is 18.2 Å². The molecule has 0 aliphatic carbocycles. The molecule has 0 saturated carbocycles. The van der Waals surface area contributed by atoms with Crippen LogP contribution in [0.5, 0.6) is 0 Å². The number of guanidine groups is 1. The Morgan fingerprint density at radius 3 is 2.59 bits per heavy atom. The van der Waals surface area contributed by atoms with E-state index < -0.39 is 34.7 Å². The largest absolute Gasteiger partial charge is 0.345 e. The van der Waals surface area contributed by atoms with Crippen molar-refractivity contribution in [1.82, 2.24) is 10.2 Å². The average molecular weight is 483 g/mol. The maximum absolute atomic E-state index is 14.7. The van der Waals surface area contributed by atoms with Gasteiger partial charge in [-0.05, 0) is 59.3 Å². The van der Waals surface area contributed by atoms with Crippen LogP contribution in [-0.4, -0.2) is 23.8 Å². The third kappa shape index (κ3) is 3.94. The van der Waals surface area contributed by atoms with Crippen LogP contribution in [0.4, 0.5) is 13.2 Å². The highest BCUT2D eigenvalue weighted by Crippen LogP contribution is 2.45.